The molecule has 4 nitrogen and oxygen atoms in total. The molecule has 3 rings (SSSR count). The third kappa shape index (κ3) is 3.77. The maximum Gasteiger partial charge on any atom is 0.252 e. The van der Waals surface area contributed by atoms with Crippen LogP contribution in [0.1, 0.15) is 37.1 Å². The van der Waals surface area contributed by atoms with Crippen LogP contribution in [0.3, 0.4) is 0 Å². The maximum atomic E-state index is 12.9. The van der Waals surface area contributed by atoms with Gasteiger partial charge in [0.1, 0.15) is 6.10 Å². The summed E-state index contributed by atoms with van der Waals surface area (Å²) < 4.78 is 5.61. The molecule has 1 fully saturated rings. The van der Waals surface area contributed by atoms with Crippen molar-refractivity contribution in [2.45, 2.75) is 38.5 Å². The molecule has 2 atom stereocenters. The monoisotopic (exact) mass is 310 g/mol. The van der Waals surface area contributed by atoms with E-state index in [0.717, 1.165) is 24.1 Å². The second-order valence-corrected chi connectivity index (χ2v) is 5.88. The number of benzene rings is 1. The van der Waals surface area contributed by atoms with Crippen LogP contribution in [0.5, 0.6) is 0 Å². The number of amides is 1. The van der Waals surface area contributed by atoms with Crippen molar-refractivity contribution in [2.24, 2.45) is 0 Å². The molecule has 0 radical (unpaired) electrons. The van der Waals surface area contributed by atoms with E-state index >= 15 is 0 Å². The van der Waals surface area contributed by atoms with Crippen LogP contribution in [-0.4, -0.2) is 28.5 Å². The average Bonchev–Trinajstić information content (AvgIpc) is 3.15. The fourth-order valence-corrected chi connectivity index (χ4v) is 2.93. The molecule has 0 unspecified atom stereocenters. The molecule has 1 aromatic carbocycles. The number of nitrogens with zero attached hydrogens (tertiary/aromatic N) is 2. The third-order valence-corrected chi connectivity index (χ3v) is 4.27. The molecule has 0 N–H and O–H groups in total. The van der Waals surface area contributed by atoms with Gasteiger partial charge in [-0.05, 0) is 37.5 Å². The van der Waals surface area contributed by atoms with Crippen LogP contribution in [0, 0.1) is 0 Å². The molecule has 23 heavy (non-hydrogen) atoms. The predicted molar refractivity (Wildman–Crippen MR) is 88.6 cm³/mol. The van der Waals surface area contributed by atoms with E-state index in [1.165, 1.54) is 0 Å². The van der Waals surface area contributed by atoms with Gasteiger partial charge in [-0.15, -0.1) is 0 Å². The average molecular weight is 310 g/mol. The first kappa shape index (κ1) is 15.7. The number of carbonyl (C=O) groups is 1. The minimum absolute atomic E-state index is 0.0597. The van der Waals surface area contributed by atoms with Crippen LogP contribution < -0.4 is 0 Å². The summed E-state index contributed by atoms with van der Waals surface area (Å²) in [7, 11) is 0. The van der Waals surface area contributed by atoms with Crippen molar-refractivity contribution in [1.29, 1.82) is 0 Å². The minimum Gasteiger partial charge on any atom is -0.368 e. The van der Waals surface area contributed by atoms with Gasteiger partial charge < -0.3 is 9.64 Å². The van der Waals surface area contributed by atoms with Gasteiger partial charge in [-0.2, -0.15) is 0 Å². The molecule has 2 heterocycles. The molecule has 1 amide bonds. The van der Waals surface area contributed by atoms with Crippen LogP contribution in [0.25, 0.3) is 0 Å². The van der Waals surface area contributed by atoms with Gasteiger partial charge in [0.15, 0.2) is 0 Å². The SMILES string of the molecule is C[C@@H](c1ccccn1)N(Cc1ccccc1)C(=O)[C@H]1CCCO1. The summed E-state index contributed by atoms with van der Waals surface area (Å²) in [6.45, 7) is 3.27. The number of hydrogen-bond donors (Lipinski definition) is 0. The van der Waals surface area contributed by atoms with Crippen molar-refractivity contribution in [1.82, 2.24) is 9.88 Å². The topological polar surface area (TPSA) is 42.4 Å². The molecular formula is C19H22N2O2. The standard InChI is InChI=1S/C19H22N2O2/c1-15(17-10-5-6-12-20-17)21(14-16-8-3-2-4-9-16)19(22)18-11-7-13-23-18/h2-6,8-10,12,15,18H,7,11,13-14H2,1H3/t15-,18+/m0/s1. The van der Waals surface area contributed by atoms with Gasteiger partial charge in [0.25, 0.3) is 5.91 Å². The van der Waals surface area contributed by atoms with Gasteiger partial charge in [0, 0.05) is 19.3 Å². The first-order valence-electron chi connectivity index (χ1n) is 8.12. The van der Waals surface area contributed by atoms with E-state index in [4.69, 9.17) is 4.74 Å². The van der Waals surface area contributed by atoms with Gasteiger partial charge in [0.2, 0.25) is 0 Å². The van der Waals surface area contributed by atoms with E-state index in [-0.39, 0.29) is 18.1 Å². The molecule has 0 bridgehead atoms. The largest absolute Gasteiger partial charge is 0.368 e. The van der Waals surface area contributed by atoms with E-state index in [9.17, 15) is 4.79 Å². The zero-order valence-electron chi connectivity index (χ0n) is 13.4. The molecule has 1 aliphatic heterocycles. The number of carbonyl (C=O) groups excluding carboxylic acids is 1. The fourth-order valence-electron chi connectivity index (χ4n) is 2.93. The second-order valence-electron chi connectivity index (χ2n) is 5.88. The fraction of sp³-hybridized carbons (Fsp3) is 0.368. The number of aromatic nitrogens is 1. The number of ether oxygens (including phenoxy) is 1. The molecule has 2 aromatic rings. The van der Waals surface area contributed by atoms with Gasteiger partial charge in [-0.1, -0.05) is 36.4 Å². The summed E-state index contributed by atoms with van der Waals surface area (Å²) in [5.41, 5.74) is 2.01. The van der Waals surface area contributed by atoms with Crippen molar-refractivity contribution < 1.29 is 9.53 Å². The quantitative estimate of drug-likeness (QED) is 0.850. The van der Waals surface area contributed by atoms with Gasteiger partial charge >= 0.3 is 0 Å². The van der Waals surface area contributed by atoms with Crippen molar-refractivity contribution in [2.75, 3.05) is 6.61 Å². The van der Waals surface area contributed by atoms with E-state index in [1.807, 2.05) is 60.4 Å². The third-order valence-electron chi connectivity index (χ3n) is 4.27. The van der Waals surface area contributed by atoms with Crippen LogP contribution >= 0.6 is 0 Å². The molecule has 4 heteroatoms. The Morgan fingerprint density at radius 3 is 2.70 bits per heavy atom. The van der Waals surface area contributed by atoms with Crippen LogP contribution in [0.2, 0.25) is 0 Å². The highest BCUT2D eigenvalue weighted by molar-refractivity contribution is 5.81. The molecule has 120 valence electrons. The molecule has 0 saturated carbocycles. The summed E-state index contributed by atoms with van der Waals surface area (Å²) in [6, 6.07) is 15.8. The number of pyridine rings is 1. The first-order chi connectivity index (χ1) is 11.3. The van der Waals surface area contributed by atoms with E-state index in [2.05, 4.69) is 4.98 Å². The lowest BCUT2D eigenvalue weighted by molar-refractivity contribution is -0.144. The van der Waals surface area contributed by atoms with Crippen LogP contribution in [0.15, 0.2) is 54.7 Å². The van der Waals surface area contributed by atoms with Crippen molar-refractivity contribution in [3.63, 3.8) is 0 Å². The molecule has 1 saturated heterocycles. The summed E-state index contributed by atoms with van der Waals surface area (Å²) >= 11 is 0. The molecule has 1 aromatic heterocycles. The molecule has 0 spiro atoms. The minimum atomic E-state index is -0.315. The summed E-state index contributed by atoms with van der Waals surface area (Å²) in [4.78, 5) is 19.2. The molecular weight excluding hydrogens is 288 g/mol. The van der Waals surface area contributed by atoms with Crippen molar-refractivity contribution in [3.05, 3.63) is 66.0 Å². The van der Waals surface area contributed by atoms with Gasteiger partial charge in [0.05, 0.1) is 11.7 Å². The van der Waals surface area contributed by atoms with E-state index in [1.54, 1.807) is 6.20 Å². The summed E-state index contributed by atoms with van der Waals surface area (Å²) in [6.07, 6.45) is 3.21. The van der Waals surface area contributed by atoms with Crippen molar-refractivity contribution >= 4 is 5.91 Å². The zero-order valence-corrected chi connectivity index (χ0v) is 13.4. The zero-order chi connectivity index (χ0) is 16.1. The Bertz CT molecular complexity index is 624. The van der Waals surface area contributed by atoms with Crippen LogP contribution in [0.4, 0.5) is 0 Å². The van der Waals surface area contributed by atoms with Gasteiger partial charge in [-0.3, -0.25) is 9.78 Å². The Morgan fingerprint density at radius 1 is 1.26 bits per heavy atom. The highest BCUT2D eigenvalue weighted by atomic mass is 16.5. The van der Waals surface area contributed by atoms with E-state index < -0.39 is 0 Å². The van der Waals surface area contributed by atoms with Crippen LogP contribution in [-0.2, 0) is 16.1 Å². The highest BCUT2D eigenvalue weighted by Gasteiger charge is 2.31. The lowest BCUT2D eigenvalue weighted by Crippen LogP contribution is -2.40. The Kier molecular flexibility index (Phi) is 5.03. The maximum absolute atomic E-state index is 12.9. The summed E-state index contributed by atoms with van der Waals surface area (Å²) in [5.74, 6) is 0.0597. The smallest absolute Gasteiger partial charge is 0.252 e. The Morgan fingerprint density at radius 2 is 2.04 bits per heavy atom. The van der Waals surface area contributed by atoms with E-state index in [0.29, 0.717) is 13.2 Å². The lowest BCUT2D eigenvalue weighted by atomic mass is 10.1. The Hall–Kier alpha value is -2.20. The van der Waals surface area contributed by atoms with Crippen molar-refractivity contribution in [3.8, 4) is 0 Å². The number of rotatable bonds is 5. The lowest BCUT2D eigenvalue weighted by Gasteiger charge is -2.31. The normalized spacial score (nSPS) is 18.6. The molecule has 1 aliphatic rings. The highest BCUT2D eigenvalue weighted by Crippen LogP contribution is 2.25. The Balaban J connectivity index is 1.84. The first-order valence-corrected chi connectivity index (χ1v) is 8.12. The number of hydrogen-bond acceptors (Lipinski definition) is 3. The summed E-state index contributed by atoms with van der Waals surface area (Å²) in [5, 5.41) is 0. The van der Waals surface area contributed by atoms with Gasteiger partial charge in [-0.25, -0.2) is 0 Å². The second kappa shape index (κ2) is 7.38. The molecule has 0 aliphatic carbocycles. The Labute approximate surface area is 137 Å². The predicted octanol–water partition coefficient (Wildman–Crippen LogP) is 3.35.